The Balaban J connectivity index is 1.68. The molecule has 1 aromatic carbocycles. The third-order valence-corrected chi connectivity index (χ3v) is 6.27. The zero-order valence-corrected chi connectivity index (χ0v) is 14.3. The molecule has 2 heterocycles. The van der Waals surface area contributed by atoms with Crippen LogP contribution in [-0.2, 0) is 14.8 Å². The molecular weight excluding hydrogens is 334 g/mol. The van der Waals surface area contributed by atoms with Gasteiger partial charge in [-0.3, -0.25) is 15.0 Å². The van der Waals surface area contributed by atoms with E-state index < -0.39 is 14.9 Å². The summed E-state index contributed by atoms with van der Waals surface area (Å²) >= 11 is 0. The van der Waals surface area contributed by atoms with Gasteiger partial charge < -0.3 is 4.74 Å². The van der Waals surface area contributed by atoms with Crippen molar-refractivity contribution in [2.75, 3.05) is 26.2 Å². The van der Waals surface area contributed by atoms with Crippen molar-refractivity contribution in [1.82, 2.24) is 9.62 Å². The van der Waals surface area contributed by atoms with Gasteiger partial charge in [-0.1, -0.05) is 6.07 Å². The van der Waals surface area contributed by atoms with Crippen molar-refractivity contribution in [3.63, 3.8) is 0 Å². The van der Waals surface area contributed by atoms with Gasteiger partial charge in [0.05, 0.1) is 22.5 Å². The first-order chi connectivity index (χ1) is 11.4. The van der Waals surface area contributed by atoms with Gasteiger partial charge in [0.15, 0.2) is 0 Å². The van der Waals surface area contributed by atoms with Gasteiger partial charge in [0.25, 0.3) is 5.69 Å². The summed E-state index contributed by atoms with van der Waals surface area (Å²) in [5.41, 5.74) is -0.0640. The Hall–Kier alpha value is -1.55. The van der Waals surface area contributed by atoms with Crippen LogP contribution in [0.4, 0.5) is 5.69 Å². The van der Waals surface area contributed by atoms with E-state index in [2.05, 4.69) is 9.62 Å². The number of nitrogens with one attached hydrogen (secondary N) is 1. The summed E-state index contributed by atoms with van der Waals surface area (Å²) < 4.78 is 33.3. The number of benzene rings is 1. The summed E-state index contributed by atoms with van der Waals surface area (Å²) in [6, 6.07) is 4.51. The van der Waals surface area contributed by atoms with Crippen molar-refractivity contribution in [2.45, 2.75) is 36.8 Å². The quantitative estimate of drug-likeness (QED) is 0.626. The number of nitrogens with zero attached hydrogens (tertiary/aromatic N) is 2. The fourth-order valence-electron chi connectivity index (χ4n) is 3.38. The number of nitro groups is 1. The Morgan fingerprint density at radius 3 is 3.00 bits per heavy atom. The minimum absolute atomic E-state index is 0.0634. The highest BCUT2D eigenvalue weighted by Crippen LogP contribution is 2.25. The smallest absolute Gasteiger partial charge is 0.273 e. The molecular formula is C15H21N3O5S. The molecule has 0 spiro atoms. The molecule has 0 bridgehead atoms. The molecule has 9 heteroatoms. The molecule has 2 atom stereocenters. The van der Waals surface area contributed by atoms with Crippen molar-refractivity contribution >= 4 is 15.7 Å². The second-order valence-electron chi connectivity index (χ2n) is 6.26. The molecule has 0 radical (unpaired) electrons. The molecule has 1 aromatic rings. The van der Waals surface area contributed by atoms with E-state index in [1.165, 1.54) is 25.1 Å². The molecule has 2 aliphatic rings. The molecule has 0 saturated carbocycles. The van der Waals surface area contributed by atoms with Gasteiger partial charge in [0, 0.05) is 30.8 Å². The topological polar surface area (TPSA) is 102 Å². The maximum atomic E-state index is 12.5. The Bertz CT molecular complexity index is 737. The number of hydrogen-bond acceptors (Lipinski definition) is 6. The van der Waals surface area contributed by atoms with E-state index in [4.69, 9.17) is 4.74 Å². The van der Waals surface area contributed by atoms with Crippen LogP contribution < -0.4 is 4.72 Å². The zero-order valence-electron chi connectivity index (χ0n) is 13.5. The number of morpholine rings is 1. The van der Waals surface area contributed by atoms with E-state index >= 15 is 0 Å². The molecule has 0 unspecified atom stereocenters. The van der Waals surface area contributed by atoms with Crippen LogP contribution >= 0.6 is 0 Å². The first-order valence-corrected chi connectivity index (χ1v) is 9.46. The van der Waals surface area contributed by atoms with Crippen molar-refractivity contribution in [3.05, 3.63) is 33.9 Å². The SMILES string of the molecule is Cc1c([N+](=O)[O-])cccc1S(=O)(=O)NC[C@H]1CN2CCC[C@@H]2CO1. The molecule has 24 heavy (non-hydrogen) atoms. The maximum Gasteiger partial charge on any atom is 0.273 e. The summed E-state index contributed by atoms with van der Waals surface area (Å²) in [7, 11) is -3.82. The van der Waals surface area contributed by atoms with E-state index in [0.717, 1.165) is 19.4 Å². The van der Waals surface area contributed by atoms with Crippen molar-refractivity contribution < 1.29 is 18.1 Å². The first kappa shape index (κ1) is 17.3. The van der Waals surface area contributed by atoms with Gasteiger partial charge in [-0.25, -0.2) is 13.1 Å². The van der Waals surface area contributed by atoms with E-state index in [1.54, 1.807) is 0 Å². The molecule has 0 amide bonds. The fourth-order valence-corrected chi connectivity index (χ4v) is 4.71. The molecule has 8 nitrogen and oxygen atoms in total. The number of hydrogen-bond donors (Lipinski definition) is 1. The normalized spacial score (nSPS) is 24.7. The molecule has 2 fully saturated rings. The van der Waals surface area contributed by atoms with Crippen LogP contribution in [-0.4, -0.2) is 56.6 Å². The second-order valence-corrected chi connectivity index (χ2v) is 7.99. The standard InChI is InChI=1S/C15H21N3O5S/c1-11-14(18(19)20)5-2-6-15(11)24(21,22)16-8-13-9-17-7-3-4-12(17)10-23-13/h2,5-6,12-13,16H,3-4,7-10H2,1H3/t12-,13+/m1/s1. The van der Waals surface area contributed by atoms with Gasteiger partial charge in [-0.2, -0.15) is 0 Å². The lowest BCUT2D eigenvalue weighted by Gasteiger charge is -2.35. The molecule has 0 aliphatic carbocycles. The Labute approximate surface area is 141 Å². The molecule has 2 saturated heterocycles. The lowest BCUT2D eigenvalue weighted by molar-refractivity contribution is -0.385. The van der Waals surface area contributed by atoms with Crippen LogP contribution in [0.3, 0.4) is 0 Å². The number of ether oxygens (including phenoxy) is 1. The largest absolute Gasteiger partial charge is 0.374 e. The Morgan fingerprint density at radius 2 is 2.25 bits per heavy atom. The molecule has 3 rings (SSSR count). The van der Waals surface area contributed by atoms with Crippen LogP contribution in [0.5, 0.6) is 0 Å². The number of rotatable bonds is 5. The number of nitro benzene ring substituents is 1. The van der Waals surface area contributed by atoms with Crippen LogP contribution in [0, 0.1) is 17.0 Å². The summed E-state index contributed by atoms with van der Waals surface area (Å²) in [6.45, 7) is 3.97. The first-order valence-electron chi connectivity index (χ1n) is 7.98. The predicted octanol–water partition coefficient (Wildman–Crippen LogP) is 1.04. The zero-order chi connectivity index (χ0) is 17.3. The third kappa shape index (κ3) is 3.44. The summed E-state index contributed by atoms with van der Waals surface area (Å²) in [5, 5.41) is 11.0. The molecule has 2 aliphatic heterocycles. The van der Waals surface area contributed by atoms with Crippen LogP contribution in [0.1, 0.15) is 18.4 Å². The Kier molecular flexibility index (Phi) is 4.86. The van der Waals surface area contributed by atoms with Crippen LogP contribution in [0.25, 0.3) is 0 Å². The number of sulfonamides is 1. The van der Waals surface area contributed by atoms with Gasteiger partial charge >= 0.3 is 0 Å². The summed E-state index contributed by atoms with van der Waals surface area (Å²) in [5.74, 6) is 0. The van der Waals surface area contributed by atoms with Crippen molar-refractivity contribution in [1.29, 1.82) is 0 Å². The van der Waals surface area contributed by atoms with Crippen LogP contribution in [0.2, 0.25) is 0 Å². The van der Waals surface area contributed by atoms with E-state index in [-0.39, 0.29) is 28.8 Å². The van der Waals surface area contributed by atoms with Gasteiger partial charge in [-0.15, -0.1) is 0 Å². The minimum Gasteiger partial charge on any atom is -0.374 e. The average molecular weight is 355 g/mol. The van der Waals surface area contributed by atoms with Crippen molar-refractivity contribution in [3.8, 4) is 0 Å². The fraction of sp³-hybridized carbons (Fsp3) is 0.600. The van der Waals surface area contributed by atoms with E-state index in [9.17, 15) is 18.5 Å². The Morgan fingerprint density at radius 1 is 1.46 bits per heavy atom. The molecule has 1 N–H and O–H groups in total. The molecule has 132 valence electrons. The second kappa shape index (κ2) is 6.75. The minimum atomic E-state index is -3.82. The third-order valence-electron chi connectivity index (χ3n) is 4.70. The number of fused-ring (bicyclic) bond motifs is 1. The molecule has 0 aromatic heterocycles. The summed E-state index contributed by atoms with van der Waals surface area (Å²) in [6.07, 6.45) is 2.08. The van der Waals surface area contributed by atoms with Gasteiger partial charge in [0.2, 0.25) is 10.0 Å². The maximum absolute atomic E-state index is 12.5. The van der Waals surface area contributed by atoms with Crippen molar-refractivity contribution in [2.24, 2.45) is 0 Å². The van der Waals surface area contributed by atoms with Gasteiger partial charge in [-0.05, 0) is 32.4 Å². The average Bonchev–Trinajstić information content (AvgIpc) is 3.00. The highest BCUT2D eigenvalue weighted by molar-refractivity contribution is 7.89. The predicted molar refractivity (Wildman–Crippen MR) is 87.4 cm³/mol. The van der Waals surface area contributed by atoms with Gasteiger partial charge in [0.1, 0.15) is 0 Å². The van der Waals surface area contributed by atoms with Crippen LogP contribution in [0.15, 0.2) is 23.1 Å². The van der Waals surface area contributed by atoms with E-state index in [1.807, 2.05) is 0 Å². The summed E-state index contributed by atoms with van der Waals surface area (Å²) in [4.78, 5) is 12.7. The lowest BCUT2D eigenvalue weighted by atomic mass is 10.2. The monoisotopic (exact) mass is 355 g/mol. The lowest BCUT2D eigenvalue weighted by Crippen LogP contribution is -2.50. The highest BCUT2D eigenvalue weighted by atomic mass is 32.2. The van der Waals surface area contributed by atoms with E-state index in [0.29, 0.717) is 19.2 Å². The highest BCUT2D eigenvalue weighted by Gasteiger charge is 2.33.